The number of hydrogen-bond donors (Lipinski definition) is 1. The molecular formula is C13H17NO7S. The van der Waals surface area contributed by atoms with Crippen molar-refractivity contribution in [2.24, 2.45) is 0 Å². The third kappa shape index (κ3) is 3.43. The van der Waals surface area contributed by atoms with Crippen LogP contribution >= 0.6 is 0 Å². The lowest BCUT2D eigenvalue weighted by atomic mass is 10.1. The summed E-state index contributed by atoms with van der Waals surface area (Å²) in [6.45, 7) is 1.25. The van der Waals surface area contributed by atoms with E-state index >= 15 is 0 Å². The van der Waals surface area contributed by atoms with E-state index < -0.39 is 32.4 Å². The van der Waals surface area contributed by atoms with Crippen LogP contribution in [-0.2, 0) is 25.1 Å². The molecule has 0 bridgehead atoms. The van der Waals surface area contributed by atoms with E-state index in [0.29, 0.717) is 5.56 Å². The van der Waals surface area contributed by atoms with Crippen LogP contribution in [0.4, 0.5) is 5.69 Å². The molecule has 122 valence electrons. The molecule has 1 saturated heterocycles. The average Bonchev–Trinajstić information content (AvgIpc) is 2.91. The minimum Gasteiger partial charge on any atom is -0.394 e. The number of rotatable bonds is 6. The second-order valence-corrected chi connectivity index (χ2v) is 7.32. The summed E-state index contributed by atoms with van der Waals surface area (Å²) in [4.78, 5) is 10.2. The van der Waals surface area contributed by atoms with E-state index in [-0.39, 0.29) is 24.7 Å². The van der Waals surface area contributed by atoms with Crippen LogP contribution in [0.25, 0.3) is 0 Å². The van der Waals surface area contributed by atoms with Crippen molar-refractivity contribution in [2.45, 2.75) is 18.8 Å². The zero-order chi connectivity index (χ0) is 16.4. The number of benzene rings is 1. The van der Waals surface area contributed by atoms with Crippen molar-refractivity contribution in [1.29, 1.82) is 0 Å². The van der Waals surface area contributed by atoms with Gasteiger partial charge in [0.25, 0.3) is 5.69 Å². The van der Waals surface area contributed by atoms with Crippen molar-refractivity contribution < 1.29 is 27.9 Å². The Morgan fingerprint density at radius 1 is 1.41 bits per heavy atom. The molecule has 0 saturated carbocycles. The quantitative estimate of drug-likeness (QED) is 0.599. The Morgan fingerprint density at radius 3 is 2.50 bits per heavy atom. The summed E-state index contributed by atoms with van der Waals surface area (Å²) in [6.07, 6.45) is -0.637. The summed E-state index contributed by atoms with van der Waals surface area (Å²) in [6, 6.07) is 5.33. The van der Waals surface area contributed by atoms with Gasteiger partial charge in [-0.2, -0.15) is 0 Å². The molecule has 0 aliphatic carbocycles. The van der Waals surface area contributed by atoms with Crippen LogP contribution in [0.2, 0.25) is 0 Å². The normalized spacial score (nSPS) is 25.3. The van der Waals surface area contributed by atoms with E-state index in [1.807, 2.05) is 0 Å². The van der Waals surface area contributed by atoms with Crippen molar-refractivity contribution in [3.63, 3.8) is 0 Å². The number of nitrogens with zero attached hydrogens (tertiary/aromatic N) is 1. The number of aliphatic hydroxyl groups excluding tert-OH is 1. The van der Waals surface area contributed by atoms with E-state index in [4.69, 9.17) is 9.47 Å². The Morgan fingerprint density at radius 2 is 2.05 bits per heavy atom. The second-order valence-electron chi connectivity index (χ2n) is 4.97. The fraction of sp³-hybridized carbons (Fsp3) is 0.538. The molecule has 0 unspecified atom stereocenters. The van der Waals surface area contributed by atoms with E-state index in [9.17, 15) is 23.6 Å². The van der Waals surface area contributed by atoms with Crippen LogP contribution in [-0.4, -0.2) is 49.3 Å². The molecule has 0 amide bonds. The number of hydrogen-bond acceptors (Lipinski definition) is 7. The van der Waals surface area contributed by atoms with Gasteiger partial charge in [-0.25, -0.2) is 8.42 Å². The largest absolute Gasteiger partial charge is 0.394 e. The maximum atomic E-state index is 12.0. The monoisotopic (exact) mass is 331 g/mol. The van der Waals surface area contributed by atoms with Gasteiger partial charge in [-0.05, 0) is 12.1 Å². The van der Waals surface area contributed by atoms with E-state index in [0.717, 1.165) is 0 Å². The summed E-state index contributed by atoms with van der Waals surface area (Å²) in [5.74, 6) is -2.04. The van der Waals surface area contributed by atoms with E-state index in [2.05, 4.69) is 0 Å². The van der Waals surface area contributed by atoms with Crippen LogP contribution < -0.4 is 0 Å². The Bertz CT molecular complexity index is 643. The first kappa shape index (κ1) is 16.8. The number of aliphatic hydroxyl groups is 1. The van der Waals surface area contributed by atoms with Crippen LogP contribution in [0.15, 0.2) is 24.3 Å². The molecule has 2 atom stereocenters. The molecule has 1 aromatic rings. The lowest BCUT2D eigenvalue weighted by molar-refractivity contribution is -0.384. The molecule has 1 N–H and O–H groups in total. The molecule has 1 aliphatic heterocycles. The van der Waals surface area contributed by atoms with Gasteiger partial charge in [-0.15, -0.1) is 0 Å². The smallest absolute Gasteiger partial charge is 0.269 e. The molecule has 9 heteroatoms. The van der Waals surface area contributed by atoms with Crippen LogP contribution in [0.5, 0.6) is 0 Å². The standard InChI is InChI=1S/C13H17NO7S/c1-2-22(18,19)9-13(20-8-12(7-15)21-13)10-3-5-11(6-4-10)14(16)17/h3-6,12,15H,2,7-9H2,1H3/t12-,13+/m0/s1. The topological polar surface area (TPSA) is 116 Å². The first-order valence-corrected chi connectivity index (χ1v) is 8.52. The maximum Gasteiger partial charge on any atom is 0.269 e. The SMILES string of the molecule is CCS(=O)(=O)C[C@@]1(c2ccc([N+](=O)[O-])cc2)OC[C@H](CO)O1. The lowest BCUT2D eigenvalue weighted by Gasteiger charge is -2.28. The molecule has 0 spiro atoms. The third-order valence-electron chi connectivity index (χ3n) is 3.43. The highest BCUT2D eigenvalue weighted by Gasteiger charge is 2.46. The zero-order valence-electron chi connectivity index (χ0n) is 12.0. The van der Waals surface area contributed by atoms with Gasteiger partial charge in [-0.1, -0.05) is 6.92 Å². The van der Waals surface area contributed by atoms with Gasteiger partial charge in [-0.3, -0.25) is 10.1 Å². The predicted octanol–water partition coefficient (Wildman–Crippen LogP) is 0.590. The maximum absolute atomic E-state index is 12.0. The third-order valence-corrected chi connectivity index (χ3v) is 5.13. The van der Waals surface area contributed by atoms with Gasteiger partial charge in [0.15, 0.2) is 9.84 Å². The van der Waals surface area contributed by atoms with Crippen molar-refractivity contribution in [3.05, 3.63) is 39.9 Å². The molecule has 0 aromatic heterocycles. The molecule has 1 fully saturated rings. The minimum atomic E-state index is -3.43. The number of non-ortho nitro benzene ring substituents is 1. The van der Waals surface area contributed by atoms with Gasteiger partial charge in [0.05, 0.1) is 18.1 Å². The number of nitro benzene ring substituents is 1. The molecular weight excluding hydrogens is 314 g/mol. The van der Waals surface area contributed by atoms with Crippen molar-refractivity contribution in [3.8, 4) is 0 Å². The van der Waals surface area contributed by atoms with Crippen LogP contribution in [0.1, 0.15) is 12.5 Å². The second kappa shape index (κ2) is 6.29. The molecule has 0 radical (unpaired) electrons. The average molecular weight is 331 g/mol. The predicted molar refractivity (Wildman–Crippen MR) is 77.0 cm³/mol. The van der Waals surface area contributed by atoms with Crippen LogP contribution in [0.3, 0.4) is 0 Å². The van der Waals surface area contributed by atoms with Crippen molar-refractivity contribution in [2.75, 3.05) is 24.7 Å². The summed E-state index contributed by atoms with van der Waals surface area (Å²) in [7, 11) is -3.43. The first-order chi connectivity index (χ1) is 10.3. The number of nitro groups is 1. The van der Waals surface area contributed by atoms with E-state index in [1.165, 1.54) is 31.2 Å². The fourth-order valence-electron chi connectivity index (χ4n) is 2.19. The Balaban J connectivity index is 2.38. The van der Waals surface area contributed by atoms with Crippen molar-refractivity contribution in [1.82, 2.24) is 0 Å². The Hall–Kier alpha value is -1.55. The van der Waals surface area contributed by atoms with Crippen molar-refractivity contribution >= 4 is 15.5 Å². The van der Waals surface area contributed by atoms with Gasteiger partial charge in [0.2, 0.25) is 5.79 Å². The number of sulfone groups is 1. The molecule has 1 aromatic carbocycles. The van der Waals surface area contributed by atoms with Crippen LogP contribution in [0, 0.1) is 10.1 Å². The Labute approximate surface area is 127 Å². The fourth-order valence-corrected chi connectivity index (χ4v) is 3.30. The van der Waals surface area contributed by atoms with Gasteiger partial charge < -0.3 is 14.6 Å². The van der Waals surface area contributed by atoms with Gasteiger partial charge in [0.1, 0.15) is 11.9 Å². The molecule has 22 heavy (non-hydrogen) atoms. The Kier molecular flexibility index (Phi) is 4.81. The minimum absolute atomic E-state index is 0.0483. The summed E-state index contributed by atoms with van der Waals surface area (Å²) in [5.41, 5.74) is 0.250. The zero-order valence-corrected chi connectivity index (χ0v) is 12.8. The highest BCUT2D eigenvalue weighted by Crippen LogP contribution is 2.36. The highest BCUT2D eigenvalue weighted by atomic mass is 32.2. The molecule has 8 nitrogen and oxygen atoms in total. The van der Waals surface area contributed by atoms with Gasteiger partial charge in [0, 0.05) is 23.4 Å². The number of ether oxygens (including phenoxy) is 2. The molecule has 2 rings (SSSR count). The summed E-state index contributed by atoms with van der Waals surface area (Å²) >= 11 is 0. The van der Waals surface area contributed by atoms with E-state index in [1.54, 1.807) is 0 Å². The summed E-state index contributed by atoms with van der Waals surface area (Å²) in [5, 5.41) is 19.9. The van der Waals surface area contributed by atoms with Gasteiger partial charge >= 0.3 is 0 Å². The lowest BCUT2D eigenvalue weighted by Crippen LogP contribution is -2.37. The molecule has 1 heterocycles. The molecule has 1 aliphatic rings. The first-order valence-electron chi connectivity index (χ1n) is 6.70. The highest BCUT2D eigenvalue weighted by molar-refractivity contribution is 7.91. The summed E-state index contributed by atoms with van der Waals surface area (Å²) < 4.78 is 35.1.